The Morgan fingerprint density at radius 2 is 2.18 bits per heavy atom. The number of hydrogen-bond donors (Lipinski definition) is 2. The number of carbonyl (C=O) groups is 1. The Hall–Kier alpha value is -2.63. The molecule has 2 N–H and O–H groups in total. The summed E-state index contributed by atoms with van der Waals surface area (Å²) in [6, 6.07) is 6.20. The van der Waals surface area contributed by atoms with E-state index in [9.17, 15) is 9.18 Å². The highest BCUT2D eigenvalue weighted by atomic mass is 19.1. The van der Waals surface area contributed by atoms with E-state index in [0.717, 1.165) is 22.7 Å². The van der Waals surface area contributed by atoms with Crippen LogP contribution in [0.5, 0.6) is 0 Å². The first-order valence-corrected chi connectivity index (χ1v) is 7.03. The van der Waals surface area contributed by atoms with Crippen molar-refractivity contribution in [2.45, 2.75) is 20.3 Å². The Kier molecular flexibility index (Phi) is 3.66. The van der Waals surface area contributed by atoms with E-state index >= 15 is 0 Å². The molecule has 0 saturated heterocycles. The van der Waals surface area contributed by atoms with Crippen molar-refractivity contribution in [3.8, 4) is 0 Å². The molecule has 0 aliphatic rings. The molecule has 6 heteroatoms. The second-order valence-corrected chi connectivity index (χ2v) is 5.25. The van der Waals surface area contributed by atoms with Gasteiger partial charge < -0.3 is 14.8 Å². The third-order valence-electron chi connectivity index (χ3n) is 3.52. The number of halogens is 1. The Labute approximate surface area is 126 Å². The van der Waals surface area contributed by atoms with Gasteiger partial charge in [-0.25, -0.2) is 4.39 Å². The molecule has 0 bridgehead atoms. The predicted octanol–water partition coefficient (Wildman–Crippen LogP) is 2.88. The molecule has 3 aromatic rings. The fourth-order valence-corrected chi connectivity index (χ4v) is 2.52. The number of nitrogens with zero attached hydrogens (tertiary/aromatic N) is 1. The largest absolute Gasteiger partial charge is 0.361 e. The number of fused-ring (bicyclic) bond motifs is 1. The number of nitrogens with one attached hydrogen (secondary N) is 2. The van der Waals surface area contributed by atoms with Crippen LogP contribution in [0, 0.1) is 19.7 Å². The number of carbonyl (C=O) groups excluding carboxylic acids is 1. The zero-order chi connectivity index (χ0) is 15.7. The summed E-state index contributed by atoms with van der Waals surface area (Å²) < 4.78 is 18.4. The highest BCUT2D eigenvalue weighted by Crippen LogP contribution is 2.22. The minimum atomic E-state index is -0.362. The summed E-state index contributed by atoms with van der Waals surface area (Å²) in [5, 5.41) is 7.29. The molecular weight excluding hydrogens is 285 g/mol. The van der Waals surface area contributed by atoms with Crippen LogP contribution in [0.15, 0.2) is 28.8 Å². The number of H-pyrrole nitrogens is 1. The molecule has 3 rings (SSSR count). The summed E-state index contributed by atoms with van der Waals surface area (Å²) in [6.07, 6.45) is 0.582. The van der Waals surface area contributed by atoms with Crippen LogP contribution in [0.2, 0.25) is 0 Å². The standard InChI is InChI=1S/C16H16FN3O2/c1-9-7-12(20-22-9)5-6-18-16(21)15-10(2)19-14-4-3-11(17)8-13(14)15/h3-4,7-8,19H,5-6H2,1-2H3,(H,18,21). The second-order valence-electron chi connectivity index (χ2n) is 5.25. The molecule has 5 nitrogen and oxygen atoms in total. The van der Waals surface area contributed by atoms with Gasteiger partial charge >= 0.3 is 0 Å². The average Bonchev–Trinajstić information content (AvgIpc) is 3.01. The number of aromatic amines is 1. The van der Waals surface area contributed by atoms with Crippen LogP contribution in [-0.2, 0) is 6.42 Å². The molecule has 22 heavy (non-hydrogen) atoms. The van der Waals surface area contributed by atoms with E-state index in [-0.39, 0.29) is 11.7 Å². The molecule has 0 fully saturated rings. The van der Waals surface area contributed by atoms with Crippen LogP contribution in [0.1, 0.15) is 27.5 Å². The Balaban J connectivity index is 1.74. The molecule has 0 radical (unpaired) electrons. The normalized spacial score (nSPS) is 11.0. The fraction of sp³-hybridized carbons (Fsp3) is 0.250. The molecule has 0 aliphatic heterocycles. The molecule has 0 aliphatic carbocycles. The molecule has 2 aromatic heterocycles. The maximum Gasteiger partial charge on any atom is 0.253 e. The lowest BCUT2D eigenvalue weighted by molar-refractivity contribution is 0.0955. The molecular formula is C16H16FN3O2. The summed E-state index contributed by atoms with van der Waals surface area (Å²) in [7, 11) is 0. The fourth-order valence-electron chi connectivity index (χ4n) is 2.52. The minimum Gasteiger partial charge on any atom is -0.361 e. The molecule has 0 spiro atoms. The van der Waals surface area contributed by atoms with E-state index < -0.39 is 0 Å². The van der Waals surface area contributed by atoms with Gasteiger partial charge in [0.05, 0.1) is 11.3 Å². The van der Waals surface area contributed by atoms with Crippen LogP contribution in [0.3, 0.4) is 0 Å². The minimum absolute atomic E-state index is 0.227. The van der Waals surface area contributed by atoms with Crippen LogP contribution >= 0.6 is 0 Å². The summed E-state index contributed by atoms with van der Waals surface area (Å²) in [5.74, 6) is 0.150. The third-order valence-corrected chi connectivity index (χ3v) is 3.52. The molecule has 0 saturated carbocycles. The van der Waals surface area contributed by atoms with Crippen molar-refractivity contribution in [3.63, 3.8) is 0 Å². The first-order chi connectivity index (χ1) is 10.5. The van der Waals surface area contributed by atoms with Gasteiger partial charge in [0.25, 0.3) is 5.91 Å². The Bertz CT molecular complexity index is 835. The first kappa shape index (κ1) is 14.3. The molecule has 1 amide bonds. The molecule has 0 atom stereocenters. The smallest absolute Gasteiger partial charge is 0.253 e. The number of rotatable bonds is 4. The first-order valence-electron chi connectivity index (χ1n) is 7.03. The van der Waals surface area contributed by atoms with Gasteiger partial charge in [0.2, 0.25) is 0 Å². The summed E-state index contributed by atoms with van der Waals surface area (Å²) in [4.78, 5) is 15.4. The topological polar surface area (TPSA) is 70.9 Å². The zero-order valence-electron chi connectivity index (χ0n) is 12.4. The lowest BCUT2D eigenvalue weighted by Crippen LogP contribution is -2.26. The second kappa shape index (κ2) is 5.63. The van der Waals surface area contributed by atoms with Crippen LogP contribution in [0.4, 0.5) is 4.39 Å². The van der Waals surface area contributed by atoms with Crippen molar-refractivity contribution < 1.29 is 13.7 Å². The van der Waals surface area contributed by atoms with Crippen molar-refractivity contribution >= 4 is 16.8 Å². The van der Waals surface area contributed by atoms with Crippen LogP contribution in [-0.4, -0.2) is 22.6 Å². The monoisotopic (exact) mass is 301 g/mol. The van der Waals surface area contributed by atoms with Gasteiger partial charge in [0.15, 0.2) is 0 Å². The van der Waals surface area contributed by atoms with Crippen LogP contribution < -0.4 is 5.32 Å². The van der Waals surface area contributed by atoms with E-state index in [4.69, 9.17) is 4.52 Å². The molecule has 0 unspecified atom stereocenters. The lowest BCUT2D eigenvalue weighted by atomic mass is 10.1. The van der Waals surface area contributed by atoms with Gasteiger partial charge in [-0.1, -0.05) is 5.16 Å². The quantitative estimate of drug-likeness (QED) is 0.778. The SMILES string of the molecule is Cc1cc(CCNC(=O)c2c(C)[nH]c3ccc(F)cc23)no1. The maximum absolute atomic E-state index is 13.4. The van der Waals surface area contributed by atoms with Gasteiger partial charge in [-0.15, -0.1) is 0 Å². The van der Waals surface area contributed by atoms with Gasteiger partial charge in [-0.2, -0.15) is 0 Å². The molecule has 1 aromatic carbocycles. The molecule has 2 heterocycles. The third kappa shape index (κ3) is 2.72. The summed E-state index contributed by atoms with van der Waals surface area (Å²) in [6.45, 7) is 4.05. The number of benzene rings is 1. The highest BCUT2D eigenvalue weighted by Gasteiger charge is 2.16. The van der Waals surface area contributed by atoms with E-state index in [0.29, 0.717) is 23.9 Å². The predicted molar refractivity (Wildman–Crippen MR) is 80.3 cm³/mol. The van der Waals surface area contributed by atoms with E-state index in [1.165, 1.54) is 12.1 Å². The van der Waals surface area contributed by atoms with Crippen LogP contribution in [0.25, 0.3) is 10.9 Å². The zero-order valence-corrected chi connectivity index (χ0v) is 12.4. The van der Waals surface area contributed by atoms with E-state index in [1.54, 1.807) is 13.0 Å². The average molecular weight is 301 g/mol. The van der Waals surface area contributed by atoms with Gasteiger partial charge in [-0.3, -0.25) is 4.79 Å². The van der Waals surface area contributed by atoms with Gasteiger partial charge in [0, 0.05) is 35.6 Å². The van der Waals surface area contributed by atoms with Crippen molar-refractivity contribution in [2.75, 3.05) is 6.54 Å². The van der Waals surface area contributed by atoms with Gasteiger partial charge in [-0.05, 0) is 32.0 Å². The van der Waals surface area contributed by atoms with Gasteiger partial charge in [0.1, 0.15) is 11.6 Å². The number of aromatic nitrogens is 2. The Morgan fingerprint density at radius 3 is 2.91 bits per heavy atom. The number of aryl methyl sites for hydroxylation is 2. The lowest BCUT2D eigenvalue weighted by Gasteiger charge is -2.04. The van der Waals surface area contributed by atoms with E-state index in [1.807, 2.05) is 13.0 Å². The van der Waals surface area contributed by atoms with Crippen molar-refractivity contribution in [2.24, 2.45) is 0 Å². The van der Waals surface area contributed by atoms with Crippen molar-refractivity contribution in [1.29, 1.82) is 0 Å². The van der Waals surface area contributed by atoms with Crippen molar-refractivity contribution in [3.05, 3.63) is 52.8 Å². The summed E-state index contributed by atoms with van der Waals surface area (Å²) >= 11 is 0. The summed E-state index contributed by atoms with van der Waals surface area (Å²) in [5.41, 5.74) is 2.73. The molecule has 114 valence electrons. The van der Waals surface area contributed by atoms with Crippen molar-refractivity contribution in [1.82, 2.24) is 15.5 Å². The highest BCUT2D eigenvalue weighted by molar-refractivity contribution is 6.08. The number of amides is 1. The number of hydrogen-bond acceptors (Lipinski definition) is 3. The maximum atomic E-state index is 13.4. The Morgan fingerprint density at radius 1 is 1.36 bits per heavy atom. The van der Waals surface area contributed by atoms with E-state index in [2.05, 4.69) is 15.5 Å².